The minimum absolute atomic E-state index is 0.181. The summed E-state index contributed by atoms with van der Waals surface area (Å²) in [6.07, 6.45) is 14.2. The van der Waals surface area contributed by atoms with E-state index in [-0.39, 0.29) is 12.1 Å². The highest BCUT2D eigenvalue weighted by molar-refractivity contribution is 5.51. The summed E-state index contributed by atoms with van der Waals surface area (Å²) in [5.74, 6) is -4.77. The molecule has 2 aromatic carbocycles. The summed E-state index contributed by atoms with van der Waals surface area (Å²) in [4.78, 5) is 0. The molecule has 4 rings (SSSR count). The van der Waals surface area contributed by atoms with E-state index in [0.29, 0.717) is 11.5 Å². The van der Waals surface area contributed by atoms with E-state index in [1.165, 1.54) is 70.3 Å². The molecule has 2 nitrogen and oxygen atoms in total. The normalized spacial score (nSPS) is 22.2. The molecule has 2 aromatic rings. The second-order valence-electron chi connectivity index (χ2n) is 12.7. The van der Waals surface area contributed by atoms with Crippen molar-refractivity contribution in [3.8, 4) is 11.5 Å². The molecule has 0 amide bonds. The number of ether oxygens (including phenoxy) is 2. The monoisotopic (exact) mass is 658 g/mol. The van der Waals surface area contributed by atoms with Gasteiger partial charge in [0.15, 0.2) is 11.6 Å². The molecule has 2 fully saturated rings. The molecule has 0 unspecified atom stereocenters. The highest BCUT2D eigenvalue weighted by Crippen LogP contribution is 2.43. The van der Waals surface area contributed by atoms with Crippen molar-refractivity contribution >= 4 is 6.08 Å². The molecule has 0 bridgehead atoms. The summed E-state index contributed by atoms with van der Waals surface area (Å²) in [5, 5.41) is 0. The van der Waals surface area contributed by atoms with E-state index in [1.807, 2.05) is 6.08 Å². The third-order valence-electron chi connectivity index (χ3n) is 9.52. The van der Waals surface area contributed by atoms with Crippen LogP contribution < -0.4 is 9.47 Å². The minimum atomic E-state index is -4.35. The van der Waals surface area contributed by atoms with Crippen LogP contribution in [0.5, 0.6) is 11.5 Å². The molecule has 0 saturated heterocycles. The number of benzene rings is 2. The zero-order chi connectivity index (χ0) is 33.3. The number of rotatable bonds is 14. The zero-order valence-electron chi connectivity index (χ0n) is 26.1. The standard InChI is InChI=1S/C36H42F8O2/c1-2-3-4-5-6-7-23-10-15-26(16-11-23)27-17-12-24(13-18-27)8-9-25-14-19-29(30(37)20-25)36(43,44)46-28-21-31(38)33(32(39)22-28)45-35(42)34(40)41/h8-9,14,19-24,26-27H,2-7,10-13,15-18H2,1H3. The number of allylic oxidation sites excluding steroid dienone is 1. The smallest absolute Gasteiger partial charge is 0.429 e. The molecule has 2 aliphatic carbocycles. The molecule has 0 atom stereocenters. The first-order valence-electron chi connectivity index (χ1n) is 16.4. The maximum atomic E-state index is 14.8. The predicted octanol–water partition coefficient (Wildman–Crippen LogP) is 12.6. The molecule has 0 spiro atoms. The van der Waals surface area contributed by atoms with Crippen LogP contribution in [0.3, 0.4) is 0 Å². The Balaban J connectivity index is 1.26. The van der Waals surface area contributed by atoms with E-state index >= 15 is 0 Å². The van der Waals surface area contributed by atoms with E-state index in [2.05, 4.69) is 16.4 Å². The molecule has 46 heavy (non-hydrogen) atoms. The van der Waals surface area contributed by atoms with Crippen LogP contribution in [0.1, 0.15) is 108 Å². The maximum absolute atomic E-state index is 14.8. The number of unbranched alkanes of at least 4 members (excludes halogenated alkanes) is 4. The van der Waals surface area contributed by atoms with E-state index in [9.17, 15) is 35.1 Å². The van der Waals surface area contributed by atoms with Crippen LogP contribution in [0, 0.1) is 41.1 Å². The van der Waals surface area contributed by atoms with E-state index in [4.69, 9.17) is 0 Å². The van der Waals surface area contributed by atoms with E-state index in [1.54, 1.807) is 6.08 Å². The van der Waals surface area contributed by atoms with Crippen molar-refractivity contribution < 1.29 is 44.6 Å². The lowest BCUT2D eigenvalue weighted by atomic mass is 9.68. The molecule has 2 saturated carbocycles. The van der Waals surface area contributed by atoms with Crippen LogP contribution in [0.4, 0.5) is 35.1 Å². The highest BCUT2D eigenvalue weighted by atomic mass is 19.3. The Morgan fingerprint density at radius 2 is 1.39 bits per heavy atom. The van der Waals surface area contributed by atoms with Gasteiger partial charge in [-0.1, -0.05) is 76.5 Å². The van der Waals surface area contributed by atoms with Crippen LogP contribution in [-0.4, -0.2) is 0 Å². The third-order valence-corrected chi connectivity index (χ3v) is 9.52. The molecule has 0 aliphatic heterocycles. The maximum Gasteiger partial charge on any atom is 0.429 e. The fourth-order valence-electron chi connectivity index (χ4n) is 6.94. The summed E-state index contributed by atoms with van der Waals surface area (Å²) >= 11 is 0. The quantitative estimate of drug-likeness (QED) is 0.114. The van der Waals surface area contributed by atoms with Gasteiger partial charge >= 0.3 is 18.2 Å². The molecular formula is C36H42F8O2. The Morgan fingerprint density at radius 3 is 1.98 bits per heavy atom. The second-order valence-corrected chi connectivity index (χ2v) is 12.7. The summed E-state index contributed by atoms with van der Waals surface area (Å²) in [5.41, 5.74) is -0.799. The van der Waals surface area contributed by atoms with Crippen LogP contribution in [0.15, 0.2) is 48.5 Å². The fourth-order valence-corrected chi connectivity index (χ4v) is 6.94. The van der Waals surface area contributed by atoms with Crippen molar-refractivity contribution in [1.29, 1.82) is 0 Å². The SMILES string of the molecule is CCCCCCCC1CCC(C2CCC(C=Cc3ccc(C(F)(F)Oc4cc(F)c(OC(F)=C(F)F)c(F)c4)c(F)c3)CC2)CC1. The Kier molecular flexibility index (Phi) is 13.0. The fraction of sp³-hybridized carbons (Fsp3) is 0.556. The van der Waals surface area contributed by atoms with Crippen LogP contribution >= 0.6 is 0 Å². The van der Waals surface area contributed by atoms with Gasteiger partial charge < -0.3 is 9.47 Å². The lowest BCUT2D eigenvalue weighted by molar-refractivity contribution is -0.187. The molecular weight excluding hydrogens is 616 g/mol. The van der Waals surface area contributed by atoms with Gasteiger partial charge in [0.2, 0.25) is 5.75 Å². The summed E-state index contributed by atoms with van der Waals surface area (Å²) in [6, 6.07) is 0.842. The van der Waals surface area contributed by atoms with Gasteiger partial charge in [0.1, 0.15) is 11.6 Å². The van der Waals surface area contributed by atoms with Crippen molar-refractivity contribution in [2.75, 3.05) is 0 Å². The predicted molar refractivity (Wildman–Crippen MR) is 162 cm³/mol. The summed E-state index contributed by atoms with van der Waals surface area (Å²) in [6.45, 7) is 2.24. The van der Waals surface area contributed by atoms with Crippen LogP contribution in [0.25, 0.3) is 6.08 Å². The van der Waals surface area contributed by atoms with E-state index in [0.717, 1.165) is 55.6 Å². The summed E-state index contributed by atoms with van der Waals surface area (Å²) in [7, 11) is 0. The van der Waals surface area contributed by atoms with Gasteiger partial charge in [0, 0.05) is 12.1 Å². The number of halogens is 8. The Hall–Kier alpha value is -3.04. The highest BCUT2D eigenvalue weighted by Gasteiger charge is 2.38. The molecule has 254 valence electrons. The van der Waals surface area contributed by atoms with Gasteiger partial charge in [-0.05, 0) is 79.9 Å². The average Bonchev–Trinajstić information content (AvgIpc) is 3.02. The Morgan fingerprint density at radius 1 is 0.783 bits per heavy atom. The van der Waals surface area contributed by atoms with Gasteiger partial charge in [-0.3, -0.25) is 0 Å². The van der Waals surface area contributed by atoms with Gasteiger partial charge in [0.25, 0.3) is 0 Å². The van der Waals surface area contributed by atoms with Crippen molar-refractivity contribution in [2.45, 2.75) is 103 Å². The largest absolute Gasteiger partial charge is 0.429 e. The van der Waals surface area contributed by atoms with E-state index < -0.39 is 52.7 Å². The van der Waals surface area contributed by atoms with Crippen molar-refractivity contribution in [2.24, 2.45) is 23.7 Å². The molecule has 0 radical (unpaired) electrons. The third kappa shape index (κ3) is 9.98. The Bertz CT molecular complexity index is 1310. The molecule has 0 heterocycles. The first-order chi connectivity index (χ1) is 22.0. The topological polar surface area (TPSA) is 18.5 Å². The van der Waals surface area contributed by atoms with Crippen molar-refractivity contribution in [3.63, 3.8) is 0 Å². The molecule has 10 heteroatoms. The second kappa shape index (κ2) is 16.7. The minimum Gasteiger partial charge on any atom is -0.429 e. The van der Waals surface area contributed by atoms with Crippen LogP contribution in [-0.2, 0) is 6.11 Å². The first-order valence-corrected chi connectivity index (χ1v) is 16.4. The lowest BCUT2D eigenvalue weighted by Gasteiger charge is -2.37. The number of alkyl halides is 2. The van der Waals surface area contributed by atoms with Gasteiger partial charge in [-0.2, -0.15) is 22.0 Å². The number of hydrogen-bond acceptors (Lipinski definition) is 2. The van der Waals surface area contributed by atoms with Crippen molar-refractivity contribution in [1.82, 2.24) is 0 Å². The lowest BCUT2D eigenvalue weighted by Crippen LogP contribution is -2.25. The molecule has 0 N–H and O–H groups in total. The zero-order valence-corrected chi connectivity index (χ0v) is 26.1. The van der Waals surface area contributed by atoms with Gasteiger partial charge in [-0.25, -0.2) is 13.2 Å². The summed E-state index contributed by atoms with van der Waals surface area (Å²) < 4.78 is 118. The first kappa shape index (κ1) is 35.8. The average molecular weight is 659 g/mol. The molecule has 0 aromatic heterocycles. The Labute approximate surface area is 265 Å². The van der Waals surface area contributed by atoms with Gasteiger partial charge in [-0.15, -0.1) is 0 Å². The van der Waals surface area contributed by atoms with Gasteiger partial charge in [0.05, 0.1) is 5.56 Å². The van der Waals surface area contributed by atoms with Crippen LogP contribution in [0.2, 0.25) is 0 Å². The van der Waals surface area contributed by atoms with Crippen molar-refractivity contribution in [3.05, 3.63) is 77.1 Å². The number of hydrogen-bond donors (Lipinski definition) is 0. The molecule has 2 aliphatic rings.